The third-order valence-electron chi connectivity index (χ3n) is 4.09. The molecule has 1 atom stereocenters. The number of hydrogen-bond acceptors (Lipinski definition) is 2. The molecule has 0 aliphatic carbocycles. The Morgan fingerprint density at radius 2 is 1.78 bits per heavy atom. The number of piperazine rings is 1. The normalized spacial score (nSPS) is 23.1. The number of amides is 2. The van der Waals surface area contributed by atoms with Crippen LogP contribution in [0.25, 0.3) is 0 Å². The van der Waals surface area contributed by atoms with Crippen molar-refractivity contribution in [2.45, 2.75) is 71.4 Å². The summed E-state index contributed by atoms with van der Waals surface area (Å²) in [4.78, 5) is 26.3. The molecular formula is C14H26N2O2. The minimum atomic E-state index is -0.671. The molecule has 1 unspecified atom stereocenters. The Balaban J connectivity index is 2.85. The highest BCUT2D eigenvalue weighted by Crippen LogP contribution is 2.25. The van der Waals surface area contributed by atoms with Crippen LogP contribution in [0.5, 0.6) is 0 Å². The first kappa shape index (κ1) is 15.0. The Morgan fingerprint density at radius 3 is 2.28 bits per heavy atom. The van der Waals surface area contributed by atoms with Gasteiger partial charge >= 0.3 is 0 Å². The van der Waals surface area contributed by atoms with E-state index in [2.05, 4.69) is 12.2 Å². The molecule has 1 aliphatic heterocycles. The zero-order valence-electron chi connectivity index (χ0n) is 12.1. The molecule has 0 bridgehead atoms. The SMILES string of the molecule is CCCCCN1C(=O)C(CC)(CC)NC(=O)C1C. The Hall–Kier alpha value is -1.06. The van der Waals surface area contributed by atoms with Gasteiger partial charge in [-0.2, -0.15) is 0 Å². The maximum absolute atomic E-state index is 12.6. The number of carbonyl (C=O) groups excluding carboxylic acids is 2. The second-order valence-electron chi connectivity index (χ2n) is 5.16. The summed E-state index contributed by atoms with van der Waals surface area (Å²) in [5, 5.41) is 2.92. The molecule has 1 heterocycles. The van der Waals surface area contributed by atoms with E-state index >= 15 is 0 Å². The van der Waals surface area contributed by atoms with E-state index in [1.807, 2.05) is 20.8 Å². The molecule has 0 aromatic heterocycles. The van der Waals surface area contributed by atoms with Crippen molar-refractivity contribution < 1.29 is 9.59 Å². The zero-order chi connectivity index (χ0) is 13.8. The van der Waals surface area contributed by atoms with Gasteiger partial charge in [0.2, 0.25) is 11.8 Å². The van der Waals surface area contributed by atoms with Gasteiger partial charge in [-0.05, 0) is 26.2 Å². The van der Waals surface area contributed by atoms with E-state index in [4.69, 9.17) is 0 Å². The number of carbonyl (C=O) groups is 2. The molecule has 0 aromatic rings. The summed E-state index contributed by atoms with van der Waals surface area (Å²) in [6.07, 6.45) is 4.51. The van der Waals surface area contributed by atoms with Gasteiger partial charge in [0, 0.05) is 6.54 Å². The fourth-order valence-corrected chi connectivity index (χ4v) is 2.54. The molecule has 4 heteroatoms. The van der Waals surface area contributed by atoms with Gasteiger partial charge < -0.3 is 10.2 Å². The van der Waals surface area contributed by atoms with Crippen molar-refractivity contribution in [3.63, 3.8) is 0 Å². The lowest BCUT2D eigenvalue weighted by molar-refractivity contribution is -0.154. The molecular weight excluding hydrogens is 228 g/mol. The molecule has 4 nitrogen and oxygen atoms in total. The lowest BCUT2D eigenvalue weighted by atomic mass is 9.87. The van der Waals surface area contributed by atoms with E-state index in [1.54, 1.807) is 4.90 Å². The van der Waals surface area contributed by atoms with Gasteiger partial charge in [-0.1, -0.05) is 33.6 Å². The minimum Gasteiger partial charge on any atom is -0.340 e. The fourth-order valence-electron chi connectivity index (χ4n) is 2.54. The topological polar surface area (TPSA) is 49.4 Å². The quantitative estimate of drug-likeness (QED) is 0.738. The van der Waals surface area contributed by atoms with Crippen LogP contribution in [0, 0.1) is 0 Å². The zero-order valence-corrected chi connectivity index (χ0v) is 12.1. The second-order valence-corrected chi connectivity index (χ2v) is 5.16. The van der Waals surface area contributed by atoms with Crippen LogP contribution in [0.15, 0.2) is 0 Å². The first-order valence-electron chi connectivity index (χ1n) is 7.15. The second kappa shape index (κ2) is 6.21. The van der Waals surface area contributed by atoms with E-state index in [0.717, 1.165) is 19.3 Å². The maximum atomic E-state index is 12.6. The predicted octanol–water partition coefficient (Wildman–Crippen LogP) is 2.08. The van der Waals surface area contributed by atoms with E-state index in [-0.39, 0.29) is 17.9 Å². The van der Waals surface area contributed by atoms with Crippen molar-refractivity contribution in [3.8, 4) is 0 Å². The number of unbranched alkanes of at least 4 members (excludes halogenated alkanes) is 2. The van der Waals surface area contributed by atoms with Crippen LogP contribution in [-0.4, -0.2) is 34.8 Å². The van der Waals surface area contributed by atoms with Gasteiger partial charge in [0.15, 0.2) is 0 Å². The molecule has 1 fully saturated rings. The molecule has 0 aromatic carbocycles. The smallest absolute Gasteiger partial charge is 0.248 e. The van der Waals surface area contributed by atoms with Crippen molar-refractivity contribution in [2.75, 3.05) is 6.54 Å². The molecule has 1 aliphatic rings. The van der Waals surface area contributed by atoms with Crippen LogP contribution >= 0.6 is 0 Å². The standard InChI is InChI=1S/C14H26N2O2/c1-5-8-9-10-16-11(4)12(17)15-14(6-2,7-3)13(16)18/h11H,5-10H2,1-4H3,(H,15,17). The highest BCUT2D eigenvalue weighted by molar-refractivity contribution is 5.99. The van der Waals surface area contributed by atoms with Crippen LogP contribution < -0.4 is 5.32 Å². The van der Waals surface area contributed by atoms with Gasteiger partial charge in [0.1, 0.15) is 11.6 Å². The first-order valence-corrected chi connectivity index (χ1v) is 7.15. The number of nitrogens with zero attached hydrogens (tertiary/aromatic N) is 1. The Bertz CT molecular complexity index is 311. The summed E-state index contributed by atoms with van der Waals surface area (Å²) >= 11 is 0. The van der Waals surface area contributed by atoms with Crippen LogP contribution in [0.4, 0.5) is 0 Å². The highest BCUT2D eigenvalue weighted by atomic mass is 16.2. The molecule has 2 amide bonds. The van der Waals surface area contributed by atoms with Crippen LogP contribution in [0.1, 0.15) is 59.8 Å². The van der Waals surface area contributed by atoms with Crippen molar-refractivity contribution in [3.05, 3.63) is 0 Å². The van der Waals surface area contributed by atoms with E-state index in [0.29, 0.717) is 19.4 Å². The summed E-state index contributed by atoms with van der Waals surface area (Å²) in [7, 11) is 0. The van der Waals surface area contributed by atoms with Gasteiger partial charge in [-0.15, -0.1) is 0 Å². The van der Waals surface area contributed by atoms with Crippen molar-refractivity contribution in [2.24, 2.45) is 0 Å². The summed E-state index contributed by atoms with van der Waals surface area (Å²) in [6.45, 7) is 8.57. The monoisotopic (exact) mass is 254 g/mol. The van der Waals surface area contributed by atoms with E-state index in [9.17, 15) is 9.59 Å². The van der Waals surface area contributed by atoms with Gasteiger partial charge in [0.25, 0.3) is 0 Å². The number of rotatable bonds is 6. The van der Waals surface area contributed by atoms with Gasteiger partial charge in [-0.3, -0.25) is 9.59 Å². The van der Waals surface area contributed by atoms with Gasteiger partial charge in [-0.25, -0.2) is 0 Å². The predicted molar refractivity (Wildman–Crippen MR) is 72.2 cm³/mol. The average molecular weight is 254 g/mol. The van der Waals surface area contributed by atoms with E-state index < -0.39 is 5.54 Å². The number of nitrogens with one attached hydrogen (secondary N) is 1. The largest absolute Gasteiger partial charge is 0.340 e. The van der Waals surface area contributed by atoms with E-state index in [1.165, 1.54) is 0 Å². The molecule has 18 heavy (non-hydrogen) atoms. The van der Waals surface area contributed by atoms with Crippen LogP contribution in [-0.2, 0) is 9.59 Å². The van der Waals surface area contributed by atoms with Crippen molar-refractivity contribution >= 4 is 11.8 Å². The summed E-state index contributed by atoms with van der Waals surface area (Å²) < 4.78 is 0. The Morgan fingerprint density at radius 1 is 1.17 bits per heavy atom. The lowest BCUT2D eigenvalue weighted by Gasteiger charge is -2.44. The average Bonchev–Trinajstić information content (AvgIpc) is 2.38. The molecule has 104 valence electrons. The van der Waals surface area contributed by atoms with Crippen LogP contribution in [0.3, 0.4) is 0 Å². The first-order chi connectivity index (χ1) is 8.52. The molecule has 0 saturated carbocycles. The third-order valence-corrected chi connectivity index (χ3v) is 4.09. The third kappa shape index (κ3) is 2.68. The summed E-state index contributed by atoms with van der Waals surface area (Å²) in [6, 6.07) is -0.333. The van der Waals surface area contributed by atoms with Crippen molar-refractivity contribution in [1.29, 1.82) is 0 Å². The number of hydrogen-bond donors (Lipinski definition) is 1. The molecule has 1 saturated heterocycles. The summed E-state index contributed by atoms with van der Waals surface area (Å²) in [5.41, 5.74) is -0.671. The Labute approximate surface area is 110 Å². The Kier molecular flexibility index (Phi) is 5.17. The molecule has 1 rings (SSSR count). The molecule has 0 spiro atoms. The van der Waals surface area contributed by atoms with Crippen molar-refractivity contribution in [1.82, 2.24) is 10.2 Å². The summed E-state index contributed by atoms with van der Waals surface area (Å²) in [5.74, 6) is 0.0745. The highest BCUT2D eigenvalue weighted by Gasteiger charge is 2.46. The lowest BCUT2D eigenvalue weighted by Crippen LogP contribution is -2.69. The fraction of sp³-hybridized carbons (Fsp3) is 0.857. The maximum Gasteiger partial charge on any atom is 0.248 e. The molecule has 1 N–H and O–H groups in total. The van der Waals surface area contributed by atoms with Gasteiger partial charge in [0.05, 0.1) is 0 Å². The molecule has 0 radical (unpaired) electrons. The minimum absolute atomic E-state index is 0.0187. The van der Waals surface area contributed by atoms with Crippen LogP contribution in [0.2, 0.25) is 0 Å².